The maximum absolute atomic E-state index is 13.1. The monoisotopic (exact) mass is 936 g/mol. The van der Waals surface area contributed by atoms with Gasteiger partial charge in [0.2, 0.25) is 0 Å². The molecule has 8 fully saturated rings. The zero-order chi connectivity index (χ0) is 47.2. The molecule has 9 rings (SSSR count). The Hall–Kier alpha value is -3.23. The third-order valence-electron chi connectivity index (χ3n) is 18.3. The van der Waals surface area contributed by atoms with Gasteiger partial charge < -0.3 is 18.9 Å². The number of aromatic nitrogens is 2. The summed E-state index contributed by atoms with van der Waals surface area (Å²) in [5.41, 5.74) is 6.50. The van der Waals surface area contributed by atoms with E-state index in [1.54, 1.807) is 12.2 Å². The van der Waals surface area contributed by atoms with E-state index in [9.17, 15) is 23.5 Å². The largest absolute Gasteiger partial charge is 0.456 e. The standard InChI is InChI=1S/C27H40N2O6S.C24H37N3O3/c1-18(2)27-16-22(34-36(31,32)29-15-14-28-17-29)26(4,35-27)21-12-10-19(3)24(21)25(27)33-23(30)13-11-20-8-6-5-7-9-20;1-15(2)24-14-19(26-27-25)23(4,30-24)18-12-10-16(3)21(18)22(24)29-20(28)13-11-17-8-6-5-7-9-17/h11,13-15,17-22,24-25H,5-10,12,16H2,1-4H3;11,13,15-19,21-22H,5-10,12,14H2,1-4H3/b2*13-11+. The predicted molar refractivity (Wildman–Crippen MR) is 250 cm³/mol. The van der Waals surface area contributed by atoms with Crippen molar-refractivity contribution < 1.29 is 41.1 Å². The highest BCUT2D eigenvalue weighted by Gasteiger charge is 2.73. The summed E-state index contributed by atoms with van der Waals surface area (Å²) in [6.07, 6.45) is 26.9. The summed E-state index contributed by atoms with van der Waals surface area (Å²) in [7, 11) is -4.08. The Kier molecular flexibility index (Phi) is 14.4. The first-order valence-corrected chi connectivity index (χ1v) is 26.9. The lowest BCUT2D eigenvalue weighted by atomic mass is 9.69. The lowest BCUT2D eigenvalue weighted by Gasteiger charge is -2.53. The first kappa shape index (κ1) is 49.2. The van der Waals surface area contributed by atoms with E-state index in [0.29, 0.717) is 36.5 Å². The summed E-state index contributed by atoms with van der Waals surface area (Å²) in [5, 5.41) is 4.16. The van der Waals surface area contributed by atoms with Crippen LogP contribution in [0.3, 0.4) is 0 Å². The molecule has 0 spiro atoms. The SMILES string of the molecule is CC1CCC2C1C(OC(=O)/C=C/C1CCCCC1)C1(C(C)C)CC(N=[N+]=[N-])C2(C)O1.CC1CCC2C1C(OC(=O)/C=C/C1CCCCC1)C1(C(C)C)CC(OS(=O)(=O)n3ccnc3)C2(C)O1. The molecular weight excluding hydrogens is 859 g/mol. The Morgan fingerprint density at radius 2 is 1.24 bits per heavy atom. The molecule has 0 amide bonds. The van der Waals surface area contributed by atoms with Crippen molar-refractivity contribution in [1.29, 1.82) is 0 Å². The Bertz CT molecular complexity index is 2110. The van der Waals surface area contributed by atoms with Crippen molar-refractivity contribution in [3.05, 3.63) is 53.5 Å². The molecule has 4 saturated carbocycles. The number of esters is 2. The number of hydrogen-bond donors (Lipinski definition) is 0. The van der Waals surface area contributed by atoms with E-state index >= 15 is 0 Å². The summed E-state index contributed by atoms with van der Waals surface area (Å²) in [4.78, 5) is 33.1. The average molecular weight is 936 g/mol. The van der Waals surface area contributed by atoms with Crippen molar-refractivity contribution in [2.45, 2.75) is 205 Å². The van der Waals surface area contributed by atoms with Crippen LogP contribution in [0, 0.1) is 59.2 Å². The number of nitrogens with zero attached hydrogens (tertiary/aromatic N) is 5. The van der Waals surface area contributed by atoms with E-state index < -0.39 is 44.9 Å². The molecule has 0 radical (unpaired) electrons. The molecule has 8 aliphatic rings. The maximum Gasteiger partial charge on any atom is 0.367 e. The number of azide groups is 1. The quantitative estimate of drug-likeness (QED) is 0.0643. The Morgan fingerprint density at radius 1 is 0.758 bits per heavy atom. The van der Waals surface area contributed by atoms with Crippen LogP contribution in [0.2, 0.25) is 0 Å². The van der Waals surface area contributed by atoms with E-state index in [1.807, 2.05) is 13.0 Å². The second kappa shape index (κ2) is 19.3. The number of fused-ring (bicyclic) bond motifs is 8. The smallest absolute Gasteiger partial charge is 0.367 e. The molecular formula is C51H77N5O9S. The molecule has 14 unspecified atom stereocenters. The zero-order valence-electron chi connectivity index (χ0n) is 40.8. The van der Waals surface area contributed by atoms with Gasteiger partial charge in [0.1, 0.15) is 35.8 Å². The van der Waals surface area contributed by atoms with Gasteiger partial charge in [-0.25, -0.2) is 22.7 Å². The lowest BCUT2D eigenvalue weighted by molar-refractivity contribution is -0.262. The van der Waals surface area contributed by atoms with Crippen molar-refractivity contribution in [3.8, 4) is 0 Å². The molecule has 4 aliphatic carbocycles. The van der Waals surface area contributed by atoms with Crippen LogP contribution in [-0.2, 0) is 43.0 Å². The summed E-state index contributed by atoms with van der Waals surface area (Å²) >= 11 is 0. The molecule has 1 aromatic heterocycles. The number of allylic oxidation sites excluding steroid dienone is 2. The molecule has 0 aromatic carbocycles. The minimum Gasteiger partial charge on any atom is -0.456 e. The van der Waals surface area contributed by atoms with Gasteiger partial charge in [-0.3, -0.25) is 0 Å². The fourth-order valence-electron chi connectivity index (χ4n) is 14.5. The Balaban J connectivity index is 0.000000182. The highest BCUT2D eigenvalue weighted by Crippen LogP contribution is 2.65. The molecule has 4 bridgehead atoms. The molecule has 66 heavy (non-hydrogen) atoms. The topological polar surface area (TPSA) is 181 Å². The first-order chi connectivity index (χ1) is 31.4. The number of carbonyl (C=O) groups is 2. The van der Waals surface area contributed by atoms with Gasteiger partial charge in [0.15, 0.2) is 0 Å². The van der Waals surface area contributed by atoms with Crippen molar-refractivity contribution in [2.24, 2.45) is 64.3 Å². The molecule has 14 atom stereocenters. The van der Waals surface area contributed by atoms with E-state index in [0.717, 1.165) is 42.5 Å². The first-order valence-electron chi connectivity index (χ1n) is 25.5. The molecule has 15 heteroatoms. The molecule has 366 valence electrons. The minimum absolute atomic E-state index is 0.00440. The van der Waals surface area contributed by atoms with E-state index in [2.05, 4.69) is 69.6 Å². The molecule has 4 aliphatic heterocycles. The van der Waals surface area contributed by atoms with Gasteiger partial charge in [0, 0.05) is 47.7 Å². The van der Waals surface area contributed by atoms with Crippen LogP contribution < -0.4 is 0 Å². The van der Waals surface area contributed by atoms with E-state index in [-0.39, 0.29) is 59.6 Å². The molecule has 4 saturated heterocycles. The van der Waals surface area contributed by atoms with Crippen LogP contribution >= 0.6 is 0 Å². The molecule has 14 nitrogen and oxygen atoms in total. The van der Waals surface area contributed by atoms with Crippen LogP contribution in [-0.4, -0.2) is 76.1 Å². The second-order valence-corrected chi connectivity index (χ2v) is 24.0. The number of imidazole rings is 1. The molecule has 1 aromatic rings. The zero-order valence-corrected chi connectivity index (χ0v) is 41.6. The number of carbonyl (C=O) groups excluding carboxylic acids is 2. The van der Waals surface area contributed by atoms with Crippen LogP contribution in [0.1, 0.15) is 158 Å². The van der Waals surface area contributed by atoms with Gasteiger partial charge >= 0.3 is 22.2 Å². The predicted octanol–water partition coefficient (Wildman–Crippen LogP) is 10.6. The van der Waals surface area contributed by atoms with Crippen LogP contribution in [0.5, 0.6) is 0 Å². The van der Waals surface area contributed by atoms with Crippen molar-refractivity contribution >= 4 is 22.2 Å². The summed E-state index contributed by atoms with van der Waals surface area (Å²) in [6.45, 7) is 17.0. The number of ether oxygens (including phenoxy) is 4. The third kappa shape index (κ3) is 8.95. The highest BCUT2D eigenvalue weighted by atomic mass is 32.2. The van der Waals surface area contributed by atoms with Gasteiger partial charge in [-0.1, -0.05) is 97.3 Å². The molecule has 0 N–H and O–H groups in total. The van der Waals surface area contributed by atoms with Crippen LogP contribution in [0.25, 0.3) is 10.4 Å². The Labute approximate surface area is 393 Å². The normalized spacial score (nSPS) is 41.1. The van der Waals surface area contributed by atoms with Gasteiger partial charge in [-0.05, 0) is 125 Å². The summed E-state index contributed by atoms with van der Waals surface area (Å²) < 4.78 is 59.2. The number of hydrogen-bond acceptors (Lipinski definition) is 11. The van der Waals surface area contributed by atoms with Gasteiger partial charge in [-0.2, -0.15) is 8.42 Å². The number of rotatable bonds is 12. The van der Waals surface area contributed by atoms with Gasteiger partial charge in [0.05, 0.1) is 17.2 Å². The lowest BCUT2D eigenvalue weighted by Crippen LogP contribution is -2.62. The van der Waals surface area contributed by atoms with Gasteiger partial charge in [-0.15, -0.1) is 0 Å². The average Bonchev–Trinajstić information content (AvgIpc) is 4.13. The fourth-order valence-corrected chi connectivity index (χ4v) is 15.6. The van der Waals surface area contributed by atoms with E-state index in [4.69, 9.17) is 23.1 Å². The van der Waals surface area contributed by atoms with Crippen molar-refractivity contribution in [2.75, 3.05) is 0 Å². The van der Waals surface area contributed by atoms with Crippen molar-refractivity contribution in [1.82, 2.24) is 8.96 Å². The second-order valence-electron chi connectivity index (χ2n) is 22.6. The summed E-state index contributed by atoms with van der Waals surface area (Å²) in [5.74, 6) is 1.92. The fraction of sp³-hybridized carbons (Fsp3) is 0.824. The maximum atomic E-state index is 13.1. The van der Waals surface area contributed by atoms with Gasteiger partial charge in [0.25, 0.3) is 0 Å². The van der Waals surface area contributed by atoms with Crippen LogP contribution in [0.4, 0.5) is 0 Å². The molecule has 5 heterocycles. The van der Waals surface area contributed by atoms with E-state index in [1.165, 1.54) is 70.1 Å². The summed E-state index contributed by atoms with van der Waals surface area (Å²) in [6, 6.07) is -0.218. The van der Waals surface area contributed by atoms with Crippen molar-refractivity contribution in [3.63, 3.8) is 0 Å². The minimum atomic E-state index is -4.08. The Morgan fingerprint density at radius 3 is 1.71 bits per heavy atom. The highest BCUT2D eigenvalue weighted by molar-refractivity contribution is 7.85. The third-order valence-corrected chi connectivity index (χ3v) is 19.5. The van der Waals surface area contributed by atoms with Crippen LogP contribution in [0.15, 0.2) is 48.1 Å².